The van der Waals surface area contributed by atoms with Crippen molar-refractivity contribution in [1.82, 2.24) is 24.5 Å². The Morgan fingerprint density at radius 3 is 2.81 bits per heavy atom. The maximum atomic E-state index is 12.9. The summed E-state index contributed by atoms with van der Waals surface area (Å²) < 4.78 is 20.3. The van der Waals surface area contributed by atoms with Crippen LogP contribution in [0, 0.1) is 0 Å². The van der Waals surface area contributed by atoms with Crippen molar-refractivity contribution in [2.75, 3.05) is 31.2 Å². The van der Waals surface area contributed by atoms with Gasteiger partial charge in [0.1, 0.15) is 17.8 Å². The summed E-state index contributed by atoms with van der Waals surface area (Å²) in [5.74, 6) is 1.80. The third-order valence-electron chi connectivity index (χ3n) is 6.12. The van der Waals surface area contributed by atoms with Crippen LogP contribution < -0.4 is 10.3 Å². The van der Waals surface area contributed by atoms with Gasteiger partial charge in [-0.1, -0.05) is 18.2 Å². The molecule has 0 N–H and O–H groups in total. The molecular weight excluding hydrogens is 460 g/mol. The van der Waals surface area contributed by atoms with Gasteiger partial charge in [0.05, 0.1) is 25.1 Å². The highest BCUT2D eigenvalue weighted by Gasteiger charge is 2.21. The van der Waals surface area contributed by atoms with Gasteiger partial charge in [0.15, 0.2) is 17.7 Å². The van der Waals surface area contributed by atoms with Crippen molar-refractivity contribution in [2.45, 2.75) is 12.8 Å². The molecule has 10 nitrogen and oxygen atoms in total. The van der Waals surface area contributed by atoms with Gasteiger partial charge < -0.3 is 19.1 Å². The quantitative estimate of drug-likeness (QED) is 0.545. The first kappa shape index (κ1) is 22.1. The topological polar surface area (TPSA) is 96.5 Å². The molecule has 6 rings (SSSR count). The third kappa shape index (κ3) is 4.34. The Bertz CT molecular complexity index is 1460. The summed E-state index contributed by atoms with van der Waals surface area (Å²) in [6, 6.07) is 7.02. The van der Waals surface area contributed by atoms with E-state index in [0.29, 0.717) is 30.5 Å². The first-order chi connectivity index (χ1) is 17.8. The Morgan fingerprint density at radius 1 is 1.03 bits per heavy atom. The second-order valence-electron chi connectivity index (χ2n) is 8.41. The number of allylic oxidation sites excluding steroid dienone is 4. The number of aromatic nitrogens is 5. The van der Waals surface area contributed by atoms with E-state index in [1.165, 1.54) is 17.0 Å². The van der Waals surface area contributed by atoms with Gasteiger partial charge in [-0.25, -0.2) is 9.67 Å². The van der Waals surface area contributed by atoms with Crippen molar-refractivity contribution in [2.24, 2.45) is 0 Å². The van der Waals surface area contributed by atoms with Crippen LogP contribution in [-0.4, -0.2) is 50.8 Å². The molecule has 0 atom stereocenters. The average molecular weight is 485 g/mol. The molecule has 0 bridgehead atoms. The van der Waals surface area contributed by atoms with E-state index in [1.807, 2.05) is 24.3 Å². The summed E-state index contributed by atoms with van der Waals surface area (Å²) in [5.41, 5.74) is 2.32. The number of ether oxygens (including phenoxy) is 3. The Hall–Kier alpha value is -4.44. The van der Waals surface area contributed by atoms with Crippen LogP contribution in [0.25, 0.3) is 23.0 Å². The summed E-state index contributed by atoms with van der Waals surface area (Å²) >= 11 is 0. The highest BCUT2D eigenvalue weighted by Crippen LogP contribution is 2.29. The summed E-state index contributed by atoms with van der Waals surface area (Å²) in [6.07, 6.45) is 15.9. The molecule has 36 heavy (non-hydrogen) atoms. The minimum absolute atomic E-state index is 0.233. The van der Waals surface area contributed by atoms with Crippen molar-refractivity contribution in [3.8, 4) is 17.1 Å². The molecule has 0 radical (unpaired) electrons. The fourth-order valence-electron chi connectivity index (χ4n) is 4.26. The van der Waals surface area contributed by atoms with Gasteiger partial charge in [-0.2, -0.15) is 14.9 Å². The van der Waals surface area contributed by atoms with E-state index in [9.17, 15) is 4.79 Å². The van der Waals surface area contributed by atoms with Crippen LogP contribution in [-0.2, 0) is 14.2 Å². The summed E-state index contributed by atoms with van der Waals surface area (Å²) in [6.45, 7) is 2.89. The highest BCUT2D eigenvalue weighted by atomic mass is 16.6. The molecule has 0 amide bonds. The number of nitrogens with zero attached hydrogens (tertiary/aromatic N) is 6. The van der Waals surface area contributed by atoms with Crippen molar-refractivity contribution in [3.63, 3.8) is 0 Å². The van der Waals surface area contributed by atoms with Gasteiger partial charge in [-0.15, -0.1) is 0 Å². The SMILES string of the molecule is O=c1ccn(-c2ccnc(N3CCOCC3)c2)nc1-c1ccnn1C1=COC=C(C2=CC=CCC2)O1. The molecule has 0 aromatic carbocycles. The lowest BCUT2D eigenvalue weighted by Crippen LogP contribution is -2.36. The van der Waals surface area contributed by atoms with Gasteiger partial charge >= 0.3 is 0 Å². The molecule has 3 aromatic rings. The molecule has 0 unspecified atom stereocenters. The van der Waals surface area contributed by atoms with Crippen molar-refractivity contribution >= 4 is 11.7 Å². The van der Waals surface area contributed by atoms with Crippen LogP contribution in [0.3, 0.4) is 0 Å². The first-order valence-electron chi connectivity index (χ1n) is 11.8. The van der Waals surface area contributed by atoms with E-state index in [-0.39, 0.29) is 11.1 Å². The Morgan fingerprint density at radius 2 is 1.94 bits per heavy atom. The van der Waals surface area contributed by atoms with E-state index in [1.54, 1.807) is 35.6 Å². The number of rotatable bonds is 5. The molecule has 1 aliphatic carbocycles. The molecule has 182 valence electrons. The largest absolute Gasteiger partial charge is 0.463 e. The van der Waals surface area contributed by atoms with Crippen LogP contribution in [0.15, 0.2) is 89.7 Å². The summed E-state index contributed by atoms with van der Waals surface area (Å²) in [7, 11) is 0. The van der Waals surface area contributed by atoms with Crippen molar-refractivity contribution < 1.29 is 14.2 Å². The van der Waals surface area contributed by atoms with E-state index >= 15 is 0 Å². The van der Waals surface area contributed by atoms with Gasteiger partial charge in [0.2, 0.25) is 5.43 Å². The van der Waals surface area contributed by atoms with Gasteiger partial charge in [0.25, 0.3) is 5.88 Å². The Balaban J connectivity index is 1.31. The minimum Gasteiger partial charge on any atom is -0.463 e. The highest BCUT2D eigenvalue weighted by molar-refractivity contribution is 5.60. The average Bonchev–Trinajstić information content (AvgIpc) is 3.44. The van der Waals surface area contributed by atoms with Crippen LogP contribution in [0.4, 0.5) is 5.82 Å². The molecule has 0 spiro atoms. The fraction of sp³-hybridized carbons (Fsp3) is 0.231. The van der Waals surface area contributed by atoms with Crippen LogP contribution in [0.5, 0.6) is 0 Å². The number of pyridine rings is 1. The molecule has 10 heteroatoms. The van der Waals surface area contributed by atoms with Crippen molar-refractivity contribution in [1.29, 1.82) is 0 Å². The molecule has 3 aromatic heterocycles. The lowest BCUT2D eigenvalue weighted by Gasteiger charge is -2.28. The summed E-state index contributed by atoms with van der Waals surface area (Å²) in [5, 5.41) is 9.03. The second kappa shape index (κ2) is 9.67. The zero-order valence-electron chi connectivity index (χ0n) is 19.5. The molecule has 3 aliphatic rings. The minimum atomic E-state index is -0.233. The second-order valence-corrected chi connectivity index (χ2v) is 8.41. The number of anilines is 1. The van der Waals surface area contributed by atoms with Crippen molar-refractivity contribution in [3.05, 3.63) is 95.2 Å². The number of morpholine rings is 1. The molecule has 1 fully saturated rings. The number of hydrogen-bond donors (Lipinski definition) is 0. The van der Waals surface area contributed by atoms with Gasteiger partial charge in [-0.3, -0.25) is 4.79 Å². The predicted octanol–water partition coefficient (Wildman–Crippen LogP) is 3.25. The van der Waals surface area contributed by atoms with E-state index < -0.39 is 0 Å². The molecule has 1 saturated heterocycles. The molecule has 0 saturated carbocycles. The fourth-order valence-corrected chi connectivity index (χ4v) is 4.26. The van der Waals surface area contributed by atoms with E-state index in [4.69, 9.17) is 14.2 Å². The zero-order chi connectivity index (χ0) is 24.3. The molecule has 2 aliphatic heterocycles. The molecular formula is C26H24N6O4. The Labute approximate surface area is 207 Å². The summed E-state index contributed by atoms with van der Waals surface area (Å²) in [4.78, 5) is 19.6. The number of hydrogen-bond acceptors (Lipinski definition) is 8. The molecule has 5 heterocycles. The van der Waals surface area contributed by atoms with Crippen LogP contribution in [0.2, 0.25) is 0 Å². The lowest BCUT2D eigenvalue weighted by molar-refractivity contribution is 0.122. The Kier molecular flexibility index (Phi) is 5.92. The van der Waals surface area contributed by atoms with E-state index in [0.717, 1.165) is 43.0 Å². The maximum Gasteiger partial charge on any atom is 0.257 e. The zero-order valence-corrected chi connectivity index (χ0v) is 19.5. The van der Waals surface area contributed by atoms with Gasteiger partial charge in [0, 0.05) is 37.6 Å². The smallest absolute Gasteiger partial charge is 0.257 e. The standard InChI is InChI=1S/C26H24N6O4/c33-22-8-11-31(20-6-9-27-24(16-20)30-12-14-34-15-13-30)29-26(22)21-7-10-28-32(21)25-18-35-17-23(36-25)19-4-2-1-3-5-19/h1-2,4,6-11,16-18H,3,5,12-15H2. The predicted molar refractivity (Wildman–Crippen MR) is 133 cm³/mol. The van der Waals surface area contributed by atoms with Crippen LogP contribution >= 0.6 is 0 Å². The monoisotopic (exact) mass is 484 g/mol. The maximum absolute atomic E-state index is 12.9. The lowest BCUT2D eigenvalue weighted by atomic mass is 10.0. The normalized spacial score (nSPS) is 17.6. The van der Waals surface area contributed by atoms with E-state index in [2.05, 4.69) is 26.2 Å². The first-order valence-corrected chi connectivity index (χ1v) is 11.8. The van der Waals surface area contributed by atoms with Crippen LogP contribution in [0.1, 0.15) is 12.8 Å². The van der Waals surface area contributed by atoms with Gasteiger partial charge in [-0.05, 0) is 30.5 Å². The third-order valence-corrected chi connectivity index (χ3v) is 6.12.